The van der Waals surface area contributed by atoms with Gasteiger partial charge in [-0.3, -0.25) is 4.79 Å². The highest BCUT2D eigenvalue weighted by atomic mass is 32.2. The number of carbonyl (C=O) groups excluding carboxylic acids is 1. The number of halogens is 3. The monoisotopic (exact) mass is 470 g/mol. The van der Waals surface area contributed by atoms with Crippen molar-refractivity contribution in [1.29, 1.82) is 0 Å². The lowest BCUT2D eigenvalue weighted by Crippen LogP contribution is -3.12. The van der Waals surface area contributed by atoms with Gasteiger partial charge in [-0.2, -0.15) is 17.5 Å². The molecule has 10 heteroatoms. The molecule has 2 N–H and O–H groups in total. The van der Waals surface area contributed by atoms with Crippen molar-refractivity contribution in [2.45, 2.75) is 43.4 Å². The molecule has 0 aromatic heterocycles. The van der Waals surface area contributed by atoms with E-state index >= 15 is 0 Å². The lowest BCUT2D eigenvalue weighted by Gasteiger charge is -2.21. The zero-order valence-electron chi connectivity index (χ0n) is 17.9. The van der Waals surface area contributed by atoms with Crippen LogP contribution >= 0.6 is 0 Å². The molecule has 3 rings (SSSR count). The third-order valence-corrected chi connectivity index (χ3v) is 7.63. The molecule has 1 aliphatic rings. The Kier molecular flexibility index (Phi) is 7.26. The molecule has 6 nitrogen and oxygen atoms in total. The van der Waals surface area contributed by atoms with Crippen LogP contribution in [0, 0.1) is 0 Å². The number of nitrogens with one attached hydrogen (secondary N) is 2. The molecule has 0 radical (unpaired) electrons. The van der Waals surface area contributed by atoms with Gasteiger partial charge in [0.05, 0.1) is 17.5 Å². The SMILES string of the molecule is C[C@H](C(=O)Nc1ccc(S(=O)(=O)N2CCCC2)cc1)[NH+](C)Cc1ccc(C(F)(F)F)cc1. The van der Waals surface area contributed by atoms with Crippen molar-refractivity contribution < 1.29 is 31.3 Å². The average Bonchev–Trinajstić information content (AvgIpc) is 3.29. The van der Waals surface area contributed by atoms with E-state index in [0.717, 1.165) is 29.9 Å². The van der Waals surface area contributed by atoms with E-state index in [9.17, 15) is 26.4 Å². The van der Waals surface area contributed by atoms with Gasteiger partial charge in [-0.1, -0.05) is 12.1 Å². The molecule has 0 bridgehead atoms. The first kappa shape index (κ1) is 24.2. The lowest BCUT2D eigenvalue weighted by atomic mass is 10.1. The largest absolute Gasteiger partial charge is 0.416 e. The van der Waals surface area contributed by atoms with Crippen molar-refractivity contribution in [3.63, 3.8) is 0 Å². The molecule has 1 aliphatic heterocycles. The minimum atomic E-state index is -4.38. The summed E-state index contributed by atoms with van der Waals surface area (Å²) in [5.41, 5.74) is 0.455. The maximum absolute atomic E-state index is 12.7. The number of anilines is 1. The number of carbonyl (C=O) groups is 1. The van der Waals surface area contributed by atoms with E-state index in [0.29, 0.717) is 30.9 Å². The van der Waals surface area contributed by atoms with Gasteiger partial charge >= 0.3 is 6.18 Å². The lowest BCUT2D eigenvalue weighted by molar-refractivity contribution is -0.907. The number of alkyl halides is 3. The first-order valence-corrected chi connectivity index (χ1v) is 11.8. The summed E-state index contributed by atoms with van der Waals surface area (Å²) in [6.45, 7) is 3.14. The Morgan fingerprint density at radius 2 is 1.62 bits per heavy atom. The van der Waals surface area contributed by atoms with Crippen LogP contribution in [0.4, 0.5) is 18.9 Å². The molecule has 1 amide bonds. The first-order valence-electron chi connectivity index (χ1n) is 10.4. The summed E-state index contributed by atoms with van der Waals surface area (Å²) in [7, 11) is -1.73. The van der Waals surface area contributed by atoms with Crippen LogP contribution in [-0.2, 0) is 27.5 Å². The Labute approximate surface area is 186 Å². The van der Waals surface area contributed by atoms with E-state index < -0.39 is 27.8 Å². The molecular formula is C22H27F3N3O3S+. The zero-order valence-corrected chi connectivity index (χ0v) is 18.8. The van der Waals surface area contributed by atoms with Crippen LogP contribution in [0.15, 0.2) is 53.4 Å². The summed E-state index contributed by atoms with van der Waals surface area (Å²) >= 11 is 0. The van der Waals surface area contributed by atoms with Crippen LogP contribution in [0.2, 0.25) is 0 Å². The molecule has 2 atom stereocenters. The van der Waals surface area contributed by atoms with Crippen molar-refractivity contribution in [1.82, 2.24) is 4.31 Å². The summed E-state index contributed by atoms with van der Waals surface area (Å²) in [5.74, 6) is -0.274. The third-order valence-electron chi connectivity index (χ3n) is 5.72. The van der Waals surface area contributed by atoms with Crippen molar-refractivity contribution in [2.75, 3.05) is 25.5 Å². The van der Waals surface area contributed by atoms with Crippen LogP contribution in [0.3, 0.4) is 0 Å². The van der Waals surface area contributed by atoms with Gasteiger partial charge < -0.3 is 10.2 Å². The smallest absolute Gasteiger partial charge is 0.324 e. The van der Waals surface area contributed by atoms with E-state index in [-0.39, 0.29) is 10.8 Å². The number of benzene rings is 2. The first-order chi connectivity index (χ1) is 15.0. The molecule has 1 saturated heterocycles. The maximum Gasteiger partial charge on any atom is 0.416 e. The summed E-state index contributed by atoms with van der Waals surface area (Å²) in [6.07, 6.45) is -2.67. The minimum Gasteiger partial charge on any atom is -0.324 e. The standard InChI is InChI=1S/C22H26F3N3O3S/c1-16(27(2)15-17-5-7-18(8-6-17)22(23,24)25)21(29)26-19-9-11-20(12-10-19)32(30,31)28-13-3-4-14-28/h5-12,16H,3-4,13-15H2,1-2H3,(H,26,29)/p+1/t16-/m1/s1. The fourth-order valence-electron chi connectivity index (χ4n) is 3.55. The molecule has 0 spiro atoms. The summed E-state index contributed by atoms with van der Waals surface area (Å²) in [6, 6.07) is 10.5. The second-order valence-corrected chi connectivity index (χ2v) is 10.0. The fraction of sp³-hybridized carbons (Fsp3) is 0.409. The third kappa shape index (κ3) is 5.67. The number of nitrogens with zero attached hydrogens (tertiary/aromatic N) is 1. The van der Waals surface area contributed by atoms with Crippen molar-refractivity contribution in [3.05, 3.63) is 59.7 Å². The molecule has 1 heterocycles. The second-order valence-electron chi connectivity index (χ2n) is 8.06. The summed E-state index contributed by atoms with van der Waals surface area (Å²) < 4.78 is 64.7. The van der Waals surface area contributed by atoms with Gasteiger partial charge in [0, 0.05) is 24.3 Å². The van der Waals surface area contributed by atoms with E-state index in [1.807, 2.05) is 0 Å². The molecule has 1 fully saturated rings. The Balaban J connectivity index is 1.58. The topological polar surface area (TPSA) is 70.9 Å². The molecule has 2 aromatic carbocycles. The van der Waals surface area contributed by atoms with Gasteiger partial charge in [0.25, 0.3) is 5.91 Å². The molecule has 0 aliphatic carbocycles. The highest BCUT2D eigenvalue weighted by molar-refractivity contribution is 7.89. The predicted molar refractivity (Wildman–Crippen MR) is 115 cm³/mol. The highest BCUT2D eigenvalue weighted by Gasteiger charge is 2.30. The van der Waals surface area contributed by atoms with Gasteiger partial charge in [-0.05, 0) is 56.2 Å². The van der Waals surface area contributed by atoms with Crippen LogP contribution in [0.25, 0.3) is 0 Å². The number of sulfonamides is 1. The number of hydrogen-bond donors (Lipinski definition) is 2. The predicted octanol–water partition coefficient (Wildman–Crippen LogP) is 2.53. The Morgan fingerprint density at radius 3 is 2.16 bits per heavy atom. The maximum atomic E-state index is 12.7. The van der Waals surface area contributed by atoms with Crippen molar-refractivity contribution in [2.24, 2.45) is 0 Å². The zero-order chi connectivity index (χ0) is 23.5. The van der Waals surface area contributed by atoms with Crippen molar-refractivity contribution in [3.8, 4) is 0 Å². The van der Waals surface area contributed by atoms with Crippen LogP contribution in [0.1, 0.15) is 30.9 Å². The second kappa shape index (κ2) is 9.60. The number of rotatable bonds is 7. The molecule has 32 heavy (non-hydrogen) atoms. The minimum absolute atomic E-state index is 0.190. The summed E-state index contributed by atoms with van der Waals surface area (Å²) in [4.78, 5) is 13.6. The Hall–Kier alpha value is -2.43. The summed E-state index contributed by atoms with van der Waals surface area (Å²) in [5, 5.41) is 2.77. The van der Waals surface area contributed by atoms with Crippen LogP contribution in [-0.4, -0.2) is 44.8 Å². The van der Waals surface area contributed by atoms with Crippen molar-refractivity contribution >= 4 is 21.6 Å². The van der Waals surface area contributed by atoms with Crippen LogP contribution in [0.5, 0.6) is 0 Å². The van der Waals surface area contributed by atoms with Gasteiger partial charge in [-0.25, -0.2) is 8.42 Å². The highest BCUT2D eigenvalue weighted by Crippen LogP contribution is 2.29. The van der Waals surface area contributed by atoms with Gasteiger partial charge in [0.15, 0.2) is 6.04 Å². The molecule has 0 saturated carbocycles. The van der Waals surface area contributed by atoms with E-state index in [2.05, 4.69) is 5.32 Å². The van der Waals surface area contributed by atoms with E-state index in [1.54, 1.807) is 26.1 Å². The molecule has 174 valence electrons. The average molecular weight is 471 g/mol. The number of quaternary nitrogens is 1. The quantitative estimate of drug-likeness (QED) is 0.654. The van der Waals surface area contributed by atoms with E-state index in [1.165, 1.54) is 28.6 Å². The number of likely N-dealkylation sites (N-methyl/N-ethyl adjacent to an activating group) is 1. The van der Waals surface area contributed by atoms with Gasteiger partial charge in [-0.15, -0.1) is 0 Å². The number of hydrogen-bond acceptors (Lipinski definition) is 3. The Morgan fingerprint density at radius 1 is 1.06 bits per heavy atom. The normalized spacial score (nSPS) is 17.2. The Bertz CT molecular complexity index is 1030. The van der Waals surface area contributed by atoms with Crippen LogP contribution < -0.4 is 10.2 Å². The van der Waals surface area contributed by atoms with Gasteiger partial charge in [0.2, 0.25) is 10.0 Å². The molecular weight excluding hydrogens is 443 g/mol. The fourth-order valence-corrected chi connectivity index (χ4v) is 5.07. The van der Waals surface area contributed by atoms with E-state index in [4.69, 9.17) is 0 Å². The van der Waals surface area contributed by atoms with Gasteiger partial charge in [0.1, 0.15) is 6.54 Å². The number of amides is 1. The molecule has 1 unspecified atom stereocenters. The molecule has 2 aromatic rings.